The number of hydrogen-bond acceptors (Lipinski definition) is 3. The van der Waals surface area contributed by atoms with Crippen LogP contribution in [0.1, 0.15) is 28.5 Å². The van der Waals surface area contributed by atoms with Gasteiger partial charge in [0.2, 0.25) is 0 Å². The molecule has 0 aliphatic heterocycles. The number of benzene rings is 2. The predicted octanol–water partition coefficient (Wildman–Crippen LogP) is 2.97. The van der Waals surface area contributed by atoms with Gasteiger partial charge in [-0.05, 0) is 42.7 Å². The van der Waals surface area contributed by atoms with Crippen LogP contribution in [0.2, 0.25) is 0 Å². The molecule has 1 N–H and O–H groups in total. The Hall–Kier alpha value is -2.46. The predicted molar refractivity (Wildman–Crippen MR) is 81.3 cm³/mol. The van der Waals surface area contributed by atoms with Crippen LogP contribution in [0.25, 0.3) is 5.69 Å². The summed E-state index contributed by atoms with van der Waals surface area (Å²) in [4.78, 5) is 1.53. The van der Waals surface area contributed by atoms with Gasteiger partial charge in [0.15, 0.2) is 0 Å². The van der Waals surface area contributed by atoms with Gasteiger partial charge in [-0.25, -0.2) is 0 Å². The quantitative estimate of drug-likeness (QED) is 0.802. The van der Waals surface area contributed by atoms with Crippen molar-refractivity contribution in [3.8, 4) is 5.69 Å². The summed E-state index contributed by atoms with van der Waals surface area (Å²) in [7, 11) is 0. The lowest BCUT2D eigenvalue weighted by atomic mass is 10.0. The Balaban J connectivity index is 1.90. The first kappa shape index (κ1) is 13.5. The smallest absolute Gasteiger partial charge is 0.124 e. The Labute approximate surface area is 123 Å². The topological polar surface area (TPSA) is 50.9 Å². The molecule has 0 amide bonds. The third-order valence-electron chi connectivity index (χ3n) is 3.62. The minimum absolute atomic E-state index is 0.544. The highest BCUT2D eigenvalue weighted by Crippen LogP contribution is 2.22. The second kappa shape index (κ2) is 5.50. The Morgan fingerprint density at radius 3 is 2.48 bits per heavy atom. The van der Waals surface area contributed by atoms with Gasteiger partial charge in [0.25, 0.3) is 0 Å². The van der Waals surface area contributed by atoms with Crippen molar-refractivity contribution in [2.75, 3.05) is 0 Å². The molecule has 0 aliphatic rings. The monoisotopic (exact) mass is 279 g/mol. The van der Waals surface area contributed by atoms with E-state index in [1.807, 2.05) is 55.5 Å². The summed E-state index contributed by atoms with van der Waals surface area (Å²) in [6.45, 7) is 4.09. The zero-order valence-corrected chi connectivity index (χ0v) is 12.1. The Bertz CT molecular complexity index is 750. The fourth-order valence-corrected chi connectivity index (χ4v) is 2.19. The molecule has 1 aromatic heterocycles. The summed E-state index contributed by atoms with van der Waals surface area (Å²) in [6, 6.07) is 15.6. The van der Waals surface area contributed by atoms with Crippen LogP contribution in [-0.4, -0.2) is 20.1 Å². The molecular formula is C17H17N3O. The molecule has 0 saturated heterocycles. The van der Waals surface area contributed by atoms with Crippen molar-refractivity contribution in [3.05, 3.63) is 77.1 Å². The van der Waals surface area contributed by atoms with Gasteiger partial charge in [0.1, 0.15) is 11.8 Å². The number of para-hydroxylation sites is 1. The number of aliphatic hydroxyl groups excluding tert-OH is 1. The standard InChI is InChI=1S/C17H17N3O/c1-12-8-9-14(10-13(12)2)17(21)16-11-18-20(19-16)15-6-4-3-5-7-15/h3-11,17,21H,1-2H3. The number of aryl methyl sites for hydroxylation is 2. The number of rotatable bonds is 3. The van der Waals surface area contributed by atoms with Crippen molar-refractivity contribution >= 4 is 0 Å². The van der Waals surface area contributed by atoms with Crippen LogP contribution in [0.3, 0.4) is 0 Å². The van der Waals surface area contributed by atoms with Gasteiger partial charge in [0.05, 0.1) is 11.9 Å². The highest BCUT2D eigenvalue weighted by atomic mass is 16.3. The largest absolute Gasteiger partial charge is 0.382 e. The van der Waals surface area contributed by atoms with Crippen LogP contribution in [-0.2, 0) is 0 Å². The fraction of sp³-hybridized carbons (Fsp3) is 0.176. The molecular weight excluding hydrogens is 262 g/mol. The van der Waals surface area contributed by atoms with Crippen molar-refractivity contribution in [1.82, 2.24) is 15.0 Å². The van der Waals surface area contributed by atoms with E-state index in [1.54, 1.807) is 6.20 Å². The van der Waals surface area contributed by atoms with Crippen molar-refractivity contribution in [2.45, 2.75) is 20.0 Å². The molecule has 2 aromatic carbocycles. The van der Waals surface area contributed by atoms with Crippen LogP contribution in [0.4, 0.5) is 0 Å². The van der Waals surface area contributed by atoms with Crippen molar-refractivity contribution in [3.63, 3.8) is 0 Å². The normalized spacial score (nSPS) is 12.3. The molecule has 106 valence electrons. The minimum atomic E-state index is -0.762. The van der Waals surface area contributed by atoms with Crippen molar-refractivity contribution in [1.29, 1.82) is 0 Å². The fourth-order valence-electron chi connectivity index (χ4n) is 2.19. The average Bonchev–Trinajstić information content (AvgIpc) is 3.00. The molecule has 0 radical (unpaired) electrons. The Morgan fingerprint density at radius 2 is 1.76 bits per heavy atom. The zero-order chi connectivity index (χ0) is 14.8. The van der Waals surface area contributed by atoms with Gasteiger partial charge >= 0.3 is 0 Å². The lowest BCUT2D eigenvalue weighted by Crippen LogP contribution is -2.04. The van der Waals surface area contributed by atoms with E-state index < -0.39 is 6.10 Å². The van der Waals surface area contributed by atoms with E-state index in [0.717, 1.165) is 16.8 Å². The molecule has 4 heteroatoms. The third-order valence-corrected chi connectivity index (χ3v) is 3.62. The molecule has 0 spiro atoms. The van der Waals surface area contributed by atoms with Gasteiger partial charge in [-0.15, -0.1) is 0 Å². The molecule has 4 nitrogen and oxygen atoms in total. The van der Waals surface area contributed by atoms with Crippen LogP contribution < -0.4 is 0 Å². The van der Waals surface area contributed by atoms with Gasteiger partial charge < -0.3 is 5.11 Å². The Morgan fingerprint density at radius 1 is 1.00 bits per heavy atom. The second-order valence-corrected chi connectivity index (χ2v) is 5.14. The van der Waals surface area contributed by atoms with Gasteiger partial charge in [-0.3, -0.25) is 0 Å². The molecule has 1 unspecified atom stereocenters. The van der Waals surface area contributed by atoms with Crippen LogP contribution in [0, 0.1) is 13.8 Å². The molecule has 0 fully saturated rings. The van der Waals surface area contributed by atoms with Gasteiger partial charge in [-0.2, -0.15) is 15.0 Å². The summed E-state index contributed by atoms with van der Waals surface area (Å²) < 4.78 is 0. The van der Waals surface area contributed by atoms with Crippen LogP contribution >= 0.6 is 0 Å². The molecule has 21 heavy (non-hydrogen) atoms. The first-order valence-electron chi connectivity index (χ1n) is 6.88. The zero-order valence-electron chi connectivity index (χ0n) is 12.1. The first-order chi connectivity index (χ1) is 10.1. The third kappa shape index (κ3) is 2.71. The van der Waals surface area contributed by atoms with E-state index in [2.05, 4.69) is 17.1 Å². The van der Waals surface area contributed by atoms with Crippen molar-refractivity contribution < 1.29 is 5.11 Å². The molecule has 0 aliphatic carbocycles. The van der Waals surface area contributed by atoms with Gasteiger partial charge in [-0.1, -0.05) is 36.4 Å². The van der Waals surface area contributed by atoms with Crippen LogP contribution in [0.5, 0.6) is 0 Å². The highest BCUT2D eigenvalue weighted by Gasteiger charge is 2.15. The Kier molecular flexibility index (Phi) is 3.54. The van der Waals surface area contributed by atoms with E-state index in [4.69, 9.17) is 0 Å². The summed E-state index contributed by atoms with van der Waals surface area (Å²) in [5, 5.41) is 19.0. The maximum atomic E-state index is 10.5. The molecule has 1 atom stereocenters. The summed E-state index contributed by atoms with van der Waals surface area (Å²) in [5.74, 6) is 0. The van der Waals surface area contributed by atoms with E-state index in [0.29, 0.717) is 5.69 Å². The maximum Gasteiger partial charge on any atom is 0.124 e. The molecule has 0 bridgehead atoms. The molecule has 3 aromatic rings. The molecule has 1 heterocycles. The number of aromatic nitrogens is 3. The maximum absolute atomic E-state index is 10.5. The van der Waals surface area contributed by atoms with Crippen LogP contribution in [0.15, 0.2) is 54.7 Å². The lowest BCUT2D eigenvalue weighted by Gasteiger charge is -2.10. The second-order valence-electron chi connectivity index (χ2n) is 5.14. The summed E-state index contributed by atoms with van der Waals surface area (Å²) in [6.07, 6.45) is 0.842. The van der Waals surface area contributed by atoms with E-state index in [1.165, 1.54) is 10.4 Å². The SMILES string of the molecule is Cc1ccc(C(O)c2cnn(-c3ccccc3)n2)cc1C. The van der Waals surface area contributed by atoms with Crippen molar-refractivity contribution in [2.24, 2.45) is 0 Å². The molecule has 3 rings (SSSR count). The van der Waals surface area contributed by atoms with E-state index in [-0.39, 0.29) is 0 Å². The number of hydrogen-bond donors (Lipinski definition) is 1. The summed E-state index contributed by atoms with van der Waals surface area (Å²) >= 11 is 0. The molecule has 0 saturated carbocycles. The lowest BCUT2D eigenvalue weighted by molar-refractivity contribution is 0.214. The minimum Gasteiger partial charge on any atom is -0.382 e. The van der Waals surface area contributed by atoms with Gasteiger partial charge in [0, 0.05) is 0 Å². The average molecular weight is 279 g/mol. The first-order valence-corrected chi connectivity index (χ1v) is 6.88. The number of aliphatic hydroxyl groups is 1. The number of nitrogens with zero attached hydrogens (tertiary/aromatic N) is 3. The highest BCUT2D eigenvalue weighted by molar-refractivity contribution is 5.34. The van der Waals surface area contributed by atoms with E-state index >= 15 is 0 Å². The van der Waals surface area contributed by atoms with E-state index in [9.17, 15) is 5.11 Å². The summed E-state index contributed by atoms with van der Waals surface area (Å²) in [5.41, 5.74) is 4.61.